The minimum absolute atomic E-state index is 0. The Morgan fingerprint density at radius 2 is 1.29 bits per heavy atom. The second-order valence-electron chi connectivity index (χ2n) is 2.53. The number of fused-ring (bicyclic) bond motifs is 1. The van der Waals surface area contributed by atoms with Crippen LogP contribution in [0, 0.1) is 0 Å². The lowest BCUT2D eigenvalue weighted by Crippen LogP contribution is -1.69. The van der Waals surface area contributed by atoms with Gasteiger partial charge in [-0.25, -0.2) is 0 Å². The summed E-state index contributed by atoms with van der Waals surface area (Å²) in [5.41, 5.74) is 0. The fraction of sp³-hybridized carbons (Fsp3) is 0. The van der Waals surface area contributed by atoms with Gasteiger partial charge in [0.1, 0.15) is 5.75 Å². The molecular weight excluding hydrogens is 242 g/mol. The molecule has 4 heteroatoms. The third kappa shape index (κ3) is 3.26. The maximum Gasteiger partial charge on any atom is 0.116 e. The molecule has 2 aromatic rings. The van der Waals surface area contributed by atoms with Gasteiger partial charge < -0.3 is 5.11 Å². The fourth-order valence-electron chi connectivity index (χ4n) is 1.18. The topological polar surface area (TPSA) is 20.2 Å². The van der Waals surface area contributed by atoms with Crippen LogP contribution in [-0.2, 0) is 0 Å². The Kier molecular flexibility index (Phi) is 7.65. The van der Waals surface area contributed by atoms with Crippen LogP contribution in [0.4, 0.5) is 0 Å². The number of phenolic OH excluding ortho intramolecular Hbond substituents is 1. The highest BCUT2D eigenvalue weighted by molar-refractivity contribution is 5.86. The number of benzene rings is 2. The van der Waals surface area contributed by atoms with E-state index in [1.165, 1.54) is 0 Å². The van der Waals surface area contributed by atoms with Crippen molar-refractivity contribution in [1.82, 2.24) is 0 Å². The van der Waals surface area contributed by atoms with Crippen molar-refractivity contribution in [2.75, 3.05) is 0 Å². The number of aromatic hydroxyl groups is 1. The SMILES string of the molecule is Cl.Cl.Cl.Oc1ccc2ccccc2c1. The number of rotatable bonds is 0. The Morgan fingerprint density at radius 1 is 0.714 bits per heavy atom. The molecule has 0 aliphatic rings. The summed E-state index contributed by atoms with van der Waals surface area (Å²) >= 11 is 0. The van der Waals surface area contributed by atoms with Crippen molar-refractivity contribution in [2.45, 2.75) is 0 Å². The van der Waals surface area contributed by atoms with Crippen LogP contribution in [0.25, 0.3) is 10.8 Å². The van der Waals surface area contributed by atoms with E-state index < -0.39 is 0 Å². The summed E-state index contributed by atoms with van der Waals surface area (Å²) in [6, 6.07) is 13.3. The lowest BCUT2D eigenvalue weighted by atomic mass is 10.1. The van der Waals surface area contributed by atoms with Crippen LogP contribution in [0.3, 0.4) is 0 Å². The molecular formula is C10H11Cl3O. The summed E-state index contributed by atoms with van der Waals surface area (Å²) in [5, 5.41) is 11.4. The molecule has 0 aliphatic carbocycles. The zero-order valence-corrected chi connectivity index (χ0v) is 9.66. The van der Waals surface area contributed by atoms with Crippen LogP contribution in [0.1, 0.15) is 0 Å². The molecule has 0 atom stereocenters. The highest BCUT2D eigenvalue weighted by Gasteiger charge is 1.91. The average molecular weight is 254 g/mol. The number of phenols is 1. The third-order valence-electron chi connectivity index (χ3n) is 1.73. The smallest absolute Gasteiger partial charge is 0.116 e. The molecule has 2 rings (SSSR count). The van der Waals surface area contributed by atoms with Gasteiger partial charge in [0.05, 0.1) is 0 Å². The Labute approximate surface area is 101 Å². The van der Waals surface area contributed by atoms with Crippen LogP contribution in [-0.4, -0.2) is 5.11 Å². The molecule has 0 amide bonds. The van der Waals surface area contributed by atoms with Crippen LogP contribution < -0.4 is 0 Å². The van der Waals surface area contributed by atoms with E-state index in [4.69, 9.17) is 5.11 Å². The largest absolute Gasteiger partial charge is 0.508 e. The third-order valence-corrected chi connectivity index (χ3v) is 1.73. The molecule has 0 aliphatic heterocycles. The molecule has 0 bridgehead atoms. The van der Waals surface area contributed by atoms with Gasteiger partial charge in [-0.05, 0) is 22.9 Å². The van der Waals surface area contributed by atoms with Gasteiger partial charge in [-0.2, -0.15) is 0 Å². The zero-order chi connectivity index (χ0) is 7.68. The summed E-state index contributed by atoms with van der Waals surface area (Å²) in [5.74, 6) is 0.323. The molecule has 1 N–H and O–H groups in total. The van der Waals surface area contributed by atoms with E-state index in [2.05, 4.69) is 0 Å². The summed E-state index contributed by atoms with van der Waals surface area (Å²) in [6.45, 7) is 0. The average Bonchev–Trinajstić information content (AvgIpc) is 2.04. The van der Waals surface area contributed by atoms with E-state index in [9.17, 15) is 0 Å². The second-order valence-corrected chi connectivity index (χ2v) is 2.53. The fourth-order valence-corrected chi connectivity index (χ4v) is 1.18. The predicted molar refractivity (Wildman–Crippen MR) is 67.4 cm³/mol. The van der Waals surface area contributed by atoms with Crippen molar-refractivity contribution in [3.63, 3.8) is 0 Å². The molecule has 2 aromatic carbocycles. The first-order valence-electron chi connectivity index (χ1n) is 3.54. The first kappa shape index (κ1) is 15.8. The van der Waals surface area contributed by atoms with Crippen LogP contribution >= 0.6 is 37.2 Å². The Balaban J connectivity index is 0. The first-order chi connectivity index (χ1) is 5.36. The van der Waals surface area contributed by atoms with Crippen molar-refractivity contribution in [1.29, 1.82) is 0 Å². The molecule has 0 saturated heterocycles. The lowest BCUT2D eigenvalue weighted by Gasteiger charge is -1.96. The van der Waals surface area contributed by atoms with Gasteiger partial charge in [0.25, 0.3) is 0 Å². The molecule has 0 radical (unpaired) electrons. The van der Waals surface area contributed by atoms with Gasteiger partial charge in [-0.15, -0.1) is 37.2 Å². The zero-order valence-electron chi connectivity index (χ0n) is 7.21. The van der Waals surface area contributed by atoms with Gasteiger partial charge in [0.2, 0.25) is 0 Å². The van der Waals surface area contributed by atoms with Crippen molar-refractivity contribution < 1.29 is 5.11 Å². The van der Waals surface area contributed by atoms with E-state index in [0.717, 1.165) is 10.8 Å². The van der Waals surface area contributed by atoms with Crippen LogP contribution in [0.5, 0.6) is 5.75 Å². The van der Waals surface area contributed by atoms with Gasteiger partial charge in [-0.3, -0.25) is 0 Å². The quantitative estimate of drug-likeness (QED) is 0.757. The maximum atomic E-state index is 9.13. The van der Waals surface area contributed by atoms with Crippen molar-refractivity contribution >= 4 is 48.0 Å². The van der Waals surface area contributed by atoms with E-state index in [1.807, 2.05) is 30.3 Å². The molecule has 0 spiro atoms. The van der Waals surface area contributed by atoms with Crippen molar-refractivity contribution in [2.24, 2.45) is 0 Å². The maximum absolute atomic E-state index is 9.13. The number of hydrogen-bond acceptors (Lipinski definition) is 1. The Bertz CT molecular complexity index is 390. The molecule has 14 heavy (non-hydrogen) atoms. The lowest BCUT2D eigenvalue weighted by molar-refractivity contribution is 0.476. The van der Waals surface area contributed by atoms with Gasteiger partial charge >= 0.3 is 0 Å². The van der Waals surface area contributed by atoms with Crippen LogP contribution in [0.2, 0.25) is 0 Å². The first-order valence-corrected chi connectivity index (χ1v) is 3.54. The van der Waals surface area contributed by atoms with E-state index in [-0.39, 0.29) is 37.2 Å². The number of hydrogen-bond donors (Lipinski definition) is 1. The molecule has 0 heterocycles. The molecule has 1 nitrogen and oxygen atoms in total. The minimum atomic E-state index is 0. The van der Waals surface area contributed by atoms with E-state index >= 15 is 0 Å². The normalized spacial score (nSPS) is 8.00. The molecule has 0 aromatic heterocycles. The van der Waals surface area contributed by atoms with Crippen molar-refractivity contribution in [3.05, 3.63) is 42.5 Å². The molecule has 78 valence electrons. The van der Waals surface area contributed by atoms with Gasteiger partial charge in [0.15, 0.2) is 0 Å². The molecule has 0 unspecified atom stereocenters. The van der Waals surface area contributed by atoms with E-state index in [1.54, 1.807) is 12.1 Å². The Morgan fingerprint density at radius 3 is 1.93 bits per heavy atom. The van der Waals surface area contributed by atoms with Gasteiger partial charge in [0, 0.05) is 0 Å². The number of halogens is 3. The molecule has 0 fully saturated rings. The highest BCUT2D eigenvalue weighted by Crippen LogP contribution is 2.18. The van der Waals surface area contributed by atoms with E-state index in [0.29, 0.717) is 5.75 Å². The summed E-state index contributed by atoms with van der Waals surface area (Å²) in [7, 11) is 0. The van der Waals surface area contributed by atoms with Crippen LogP contribution in [0.15, 0.2) is 42.5 Å². The van der Waals surface area contributed by atoms with Gasteiger partial charge in [-0.1, -0.05) is 30.3 Å². The minimum Gasteiger partial charge on any atom is -0.508 e. The highest BCUT2D eigenvalue weighted by atomic mass is 35.5. The Hall–Kier alpha value is -0.630. The molecule has 0 saturated carbocycles. The predicted octanol–water partition coefficient (Wildman–Crippen LogP) is 3.81. The monoisotopic (exact) mass is 252 g/mol. The summed E-state index contributed by atoms with van der Waals surface area (Å²) < 4.78 is 0. The summed E-state index contributed by atoms with van der Waals surface area (Å²) in [4.78, 5) is 0. The second kappa shape index (κ2) is 6.77. The summed E-state index contributed by atoms with van der Waals surface area (Å²) in [6.07, 6.45) is 0. The standard InChI is InChI=1S/C10H8O.3ClH/c11-10-6-5-8-3-1-2-4-9(8)7-10;;;/h1-7,11H;3*1H. The van der Waals surface area contributed by atoms with Crippen molar-refractivity contribution in [3.8, 4) is 5.75 Å².